The third kappa shape index (κ3) is 6.10. The summed E-state index contributed by atoms with van der Waals surface area (Å²) >= 11 is 5.59. The number of aliphatic carboxylic acids is 1. The Bertz CT molecular complexity index is 817. The van der Waals surface area contributed by atoms with Crippen LogP contribution >= 0.6 is 67.8 Å². The number of aliphatic hydroxyl groups excluding tert-OH is 1. The molecule has 1 aromatic rings. The molecule has 28 heavy (non-hydrogen) atoms. The summed E-state index contributed by atoms with van der Waals surface area (Å²) in [4.78, 5) is 47.7. The molecule has 1 aromatic carbocycles. The van der Waals surface area contributed by atoms with E-state index in [0.717, 1.165) is 0 Å². The van der Waals surface area contributed by atoms with Gasteiger partial charge in [-0.3, -0.25) is 14.4 Å². The van der Waals surface area contributed by atoms with E-state index in [4.69, 9.17) is 9.84 Å². The lowest BCUT2D eigenvalue weighted by Crippen LogP contribution is -2.37. The maximum absolute atomic E-state index is 12.7. The molecule has 0 saturated carbocycles. The number of carbonyl (C=O) groups excluding carboxylic acids is 3. The van der Waals surface area contributed by atoms with Crippen LogP contribution in [0.25, 0.3) is 0 Å². The van der Waals surface area contributed by atoms with Crippen LogP contribution in [0.4, 0.5) is 5.69 Å². The lowest BCUT2D eigenvalue weighted by Gasteiger charge is -2.19. The number of anilines is 1. The van der Waals surface area contributed by atoms with Crippen LogP contribution in [0.3, 0.4) is 0 Å². The summed E-state index contributed by atoms with van der Waals surface area (Å²) < 4.78 is 5.88. The summed E-state index contributed by atoms with van der Waals surface area (Å²) in [5.41, 5.74) is 0.512. The van der Waals surface area contributed by atoms with Crippen molar-refractivity contribution in [3.8, 4) is 0 Å². The summed E-state index contributed by atoms with van der Waals surface area (Å²) in [5, 5.41) is 25.5. The summed E-state index contributed by atoms with van der Waals surface area (Å²) in [6.07, 6.45) is -1.78. The van der Waals surface area contributed by atoms with Gasteiger partial charge < -0.3 is 30.9 Å². The quantitative estimate of drug-likeness (QED) is 0.246. The van der Waals surface area contributed by atoms with Gasteiger partial charge in [-0.2, -0.15) is 0 Å². The third-order valence-electron chi connectivity index (χ3n) is 3.28. The Morgan fingerprint density at radius 2 is 1.57 bits per heavy atom. The second-order valence-corrected chi connectivity index (χ2v) is 8.43. The first-order chi connectivity index (χ1) is 13.1. The molecule has 0 bridgehead atoms. The van der Waals surface area contributed by atoms with Crippen molar-refractivity contribution in [3.05, 3.63) is 21.8 Å². The maximum Gasteiger partial charge on any atom is 0.334 e. The van der Waals surface area contributed by atoms with Gasteiger partial charge in [0.15, 0.2) is 6.10 Å². The predicted molar refractivity (Wildman–Crippen MR) is 124 cm³/mol. The van der Waals surface area contributed by atoms with Gasteiger partial charge in [-0.25, -0.2) is 4.79 Å². The number of carbonyl (C=O) groups is 4. The highest BCUT2D eigenvalue weighted by Crippen LogP contribution is 2.35. The van der Waals surface area contributed by atoms with Gasteiger partial charge in [-0.15, -0.1) is 0 Å². The molecule has 0 aliphatic rings. The molecule has 3 amide bonds. The molecule has 1 rings (SSSR count). The molecule has 0 saturated heterocycles. The number of nitrogens with one attached hydrogen (secondary N) is 3. The van der Waals surface area contributed by atoms with Crippen molar-refractivity contribution in [3.63, 3.8) is 0 Å². The highest BCUT2D eigenvalue weighted by atomic mass is 127. The Labute approximate surface area is 200 Å². The van der Waals surface area contributed by atoms with Gasteiger partial charge in [0, 0.05) is 17.7 Å². The van der Waals surface area contributed by atoms with Crippen LogP contribution in [0.2, 0.25) is 0 Å². The van der Waals surface area contributed by atoms with Crippen LogP contribution < -0.4 is 16.0 Å². The first-order valence-electron chi connectivity index (χ1n) is 7.47. The summed E-state index contributed by atoms with van der Waals surface area (Å²) in [5.74, 6) is -3.12. The number of carboxylic acid groups (broad SMARTS) is 1. The maximum atomic E-state index is 12.7. The average Bonchev–Trinajstić information content (AvgIpc) is 2.63. The Hall–Kier alpha value is -0.790. The molecular weight excluding hydrogens is 715 g/mol. The van der Waals surface area contributed by atoms with E-state index in [2.05, 4.69) is 16.0 Å². The second-order valence-electron chi connectivity index (χ2n) is 5.19. The first-order valence-corrected chi connectivity index (χ1v) is 10.7. The van der Waals surface area contributed by atoms with Crippen molar-refractivity contribution in [2.75, 3.05) is 32.6 Å². The fraction of sp³-hybridized carbons (Fsp3) is 0.333. The Morgan fingerprint density at radius 3 is 2.04 bits per heavy atom. The van der Waals surface area contributed by atoms with E-state index in [9.17, 15) is 24.3 Å². The van der Waals surface area contributed by atoms with E-state index in [1.807, 2.05) is 67.8 Å². The SMILES string of the molecule is CNC(=O)c1c(I)c(NC(=O)COC)c(I)c(C(=O)NCC(O)C(=O)O)c1I. The van der Waals surface area contributed by atoms with Crippen LogP contribution in [-0.2, 0) is 14.3 Å². The highest BCUT2D eigenvalue weighted by Gasteiger charge is 2.28. The molecule has 0 aromatic heterocycles. The molecule has 1 atom stereocenters. The first kappa shape index (κ1) is 25.2. The number of hydrogen-bond acceptors (Lipinski definition) is 6. The van der Waals surface area contributed by atoms with Gasteiger partial charge in [0.1, 0.15) is 6.61 Å². The number of rotatable bonds is 8. The number of methoxy groups -OCH3 is 1. The lowest BCUT2D eigenvalue weighted by molar-refractivity contribution is -0.146. The van der Waals surface area contributed by atoms with Crippen LogP contribution in [-0.4, -0.2) is 67.3 Å². The van der Waals surface area contributed by atoms with E-state index in [-0.39, 0.29) is 23.4 Å². The van der Waals surface area contributed by atoms with Gasteiger partial charge in [-0.1, -0.05) is 0 Å². The molecule has 0 aliphatic heterocycles. The molecule has 0 fully saturated rings. The standard InChI is InChI=1S/C15H16I3N3O7/c1-19-13(24)7-9(16)8(14(25)20-3-5(22)15(26)27)11(18)12(10(7)17)21-6(23)4-28-2/h5,22H,3-4H2,1-2H3,(H,19,24)(H,20,25)(H,21,23)(H,26,27). The Kier molecular flexibility index (Phi) is 10.3. The lowest BCUT2D eigenvalue weighted by atomic mass is 10.1. The van der Waals surface area contributed by atoms with E-state index in [1.54, 1.807) is 0 Å². The number of aliphatic hydroxyl groups is 1. The molecule has 154 valence electrons. The van der Waals surface area contributed by atoms with Gasteiger partial charge in [-0.05, 0) is 67.8 Å². The number of benzene rings is 1. The fourth-order valence-electron chi connectivity index (χ4n) is 1.97. The topological polar surface area (TPSA) is 154 Å². The molecule has 10 nitrogen and oxygen atoms in total. The van der Waals surface area contributed by atoms with E-state index in [1.165, 1.54) is 14.2 Å². The molecule has 0 heterocycles. The minimum absolute atomic E-state index is 0.0746. The number of amides is 3. The molecule has 13 heteroatoms. The van der Waals surface area contributed by atoms with Crippen molar-refractivity contribution in [1.29, 1.82) is 0 Å². The van der Waals surface area contributed by atoms with Crippen LogP contribution in [0.15, 0.2) is 0 Å². The van der Waals surface area contributed by atoms with Gasteiger partial charge in [0.05, 0.1) is 30.5 Å². The van der Waals surface area contributed by atoms with Crippen molar-refractivity contribution in [1.82, 2.24) is 10.6 Å². The summed E-state index contributed by atoms with van der Waals surface area (Å²) in [7, 11) is 2.78. The Morgan fingerprint density at radius 1 is 1.04 bits per heavy atom. The minimum atomic E-state index is -1.78. The normalized spacial score (nSPS) is 11.5. The molecule has 0 aliphatic carbocycles. The monoisotopic (exact) mass is 731 g/mol. The second kappa shape index (κ2) is 11.4. The largest absolute Gasteiger partial charge is 0.479 e. The zero-order chi connectivity index (χ0) is 21.6. The molecule has 0 spiro atoms. The number of halogens is 3. The average molecular weight is 731 g/mol. The minimum Gasteiger partial charge on any atom is -0.479 e. The van der Waals surface area contributed by atoms with Crippen molar-refractivity contribution < 1.29 is 34.1 Å². The van der Waals surface area contributed by atoms with E-state index in [0.29, 0.717) is 10.7 Å². The van der Waals surface area contributed by atoms with Crippen molar-refractivity contribution in [2.24, 2.45) is 0 Å². The Balaban J connectivity index is 3.49. The fourth-order valence-corrected chi connectivity index (χ4v) is 6.38. The molecule has 0 radical (unpaired) electrons. The van der Waals surface area contributed by atoms with Gasteiger partial charge >= 0.3 is 5.97 Å². The molecular formula is C15H16I3N3O7. The summed E-state index contributed by atoms with van der Waals surface area (Å²) in [6.45, 7) is -0.743. The number of carboxylic acids is 1. The number of ether oxygens (including phenoxy) is 1. The zero-order valence-electron chi connectivity index (χ0n) is 14.6. The smallest absolute Gasteiger partial charge is 0.334 e. The predicted octanol–water partition coefficient (Wildman–Crippen LogP) is 0.620. The van der Waals surface area contributed by atoms with Gasteiger partial charge in [0.25, 0.3) is 11.8 Å². The third-order valence-corrected chi connectivity index (χ3v) is 6.52. The van der Waals surface area contributed by atoms with Crippen LogP contribution in [0.1, 0.15) is 20.7 Å². The van der Waals surface area contributed by atoms with Crippen molar-refractivity contribution >= 4 is 97.2 Å². The van der Waals surface area contributed by atoms with Crippen LogP contribution in [0, 0.1) is 10.7 Å². The van der Waals surface area contributed by atoms with Gasteiger partial charge in [0.2, 0.25) is 5.91 Å². The van der Waals surface area contributed by atoms with E-state index >= 15 is 0 Å². The highest BCUT2D eigenvalue weighted by molar-refractivity contribution is 14.1. The molecule has 5 N–H and O–H groups in total. The summed E-state index contributed by atoms with van der Waals surface area (Å²) in [6, 6.07) is 0. The molecule has 1 unspecified atom stereocenters. The zero-order valence-corrected chi connectivity index (χ0v) is 21.0. The van der Waals surface area contributed by atoms with E-state index < -0.39 is 36.3 Å². The van der Waals surface area contributed by atoms with Crippen LogP contribution in [0.5, 0.6) is 0 Å². The van der Waals surface area contributed by atoms with Crippen molar-refractivity contribution in [2.45, 2.75) is 6.10 Å². The number of hydrogen-bond donors (Lipinski definition) is 5.